The van der Waals surface area contributed by atoms with Gasteiger partial charge in [-0.15, -0.1) is 0 Å². The molecule has 0 aromatic carbocycles. The third-order valence-corrected chi connectivity index (χ3v) is 7.29. The molecule has 0 saturated carbocycles. The Morgan fingerprint density at radius 1 is 1.12 bits per heavy atom. The van der Waals surface area contributed by atoms with E-state index in [9.17, 15) is 0 Å². The maximum absolute atomic E-state index is 5.96. The van der Waals surface area contributed by atoms with Crippen LogP contribution in [-0.4, -0.2) is 100 Å². The van der Waals surface area contributed by atoms with Gasteiger partial charge in [-0.25, -0.2) is 0 Å². The third-order valence-electron chi connectivity index (χ3n) is 7.29. The molecule has 0 unspecified atom stereocenters. The molecule has 2 aliphatic heterocycles. The summed E-state index contributed by atoms with van der Waals surface area (Å²) in [5, 5.41) is 6.94. The van der Waals surface area contributed by atoms with Crippen molar-refractivity contribution in [1.82, 2.24) is 25.3 Å². The fraction of sp³-hybridized carbons (Fsp3) is 0.741. The summed E-state index contributed by atoms with van der Waals surface area (Å²) in [7, 11) is 5.91. The Hall–Kier alpha value is -1.99. The lowest BCUT2D eigenvalue weighted by Gasteiger charge is -2.31. The van der Waals surface area contributed by atoms with Gasteiger partial charge in [0.25, 0.3) is 0 Å². The summed E-state index contributed by atoms with van der Waals surface area (Å²) >= 11 is 0. The minimum absolute atomic E-state index is 0.690. The van der Waals surface area contributed by atoms with Crippen LogP contribution in [0.2, 0.25) is 0 Å². The highest BCUT2D eigenvalue weighted by atomic mass is 16.5. The van der Waals surface area contributed by atoms with Crippen LogP contribution in [0.3, 0.4) is 0 Å². The zero-order chi connectivity index (χ0) is 24.2. The largest absolute Gasteiger partial charge is 0.495 e. The maximum Gasteiger partial charge on any atom is 0.140 e. The van der Waals surface area contributed by atoms with Crippen molar-refractivity contribution in [2.45, 2.75) is 57.9 Å². The van der Waals surface area contributed by atoms with E-state index in [1.807, 2.05) is 14.2 Å². The number of rotatable bonds is 8. The van der Waals surface area contributed by atoms with Gasteiger partial charge in [0.15, 0.2) is 0 Å². The number of likely N-dealkylation sites (tertiary alicyclic amines) is 1. The van der Waals surface area contributed by atoms with Crippen LogP contribution in [0.1, 0.15) is 51.9 Å². The lowest BCUT2D eigenvalue weighted by molar-refractivity contribution is 0.183. The average Bonchev–Trinajstić information content (AvgIpc) is 3.21. The molecule has 2 N–H and O–H groups in total. The van der Waals surface area contributed by atoms with E-state index < -0.39 is 0 Å². The molecule has 192 valence electrons. The fourth-order valence-electron chi connectivity index (χ4n) is 5.25. The molecule has 3 rings (SSSR count). The summed E-state index contributed by atoms with van der Waals surface area (Å²) < 4.78 is 5.96. The van der Waals surface area contributed by atoms with Crippen molar-refractivity contribution in [2.24, 2.45) is 4.99 Å². The Labute approximate surface area is 208 Å². The topological polar surface area (TPSA) is 55.4 Å². The van der Waals surface area contributed by atoms with Crippen molar-refractivity contribution in [3.05, 3.63) is 35.4 Å². The van der Waals surface area contributed by atoms with Crippen molar-refractivity contribution in [3.8, 4) is 0 Å². The van der Waals surface area contributed by atoms with Gasteiger partial charge in [0.05, 0.1) is 19.4 Å². The second kappa shape index (κ2) is 14.4. The molecule has 0 amide bonds. The van der Waals surface area contributed by atoms with Crippen LogP contribution in [0.4, 0.5) is 0 Å². The first-order chi connectivity index (χ1) is 16.6. The molecule has 0 radical (unpaired) electrons. The summed E-state index contributed by atoms with van der Waals surface area (Å²) in [4.78, 5) is 12.2. The van der Waals surface area contributed by atoms with E-state index in [1.54, 1.807) is 0 Å². The molecule has 3 aliphatic rings. The first kappa shape index (κ1) is 26.6. The minimum Gasteiger partial charge on any atom is -0.495 e. The number of likely N-dealkylation sites (N-methyl/N-ethyl adjacent to an activating group) is 1. The van der Waals surface area contributed by atoms with E-state index in [1.165, 1.54) is 57.6 Å². The van der Waals surface area contributed by atoms with E-state index in [0.717, 1.165) is 56.2 Å². The number of hydrogen-bond donors (Lipinski definition) is 2. The molecule has 7 heteroatoms. The van der Waals surface area contributed by atoms with Crippen molar-refractivity contribution in [1.29, 1.82) is 0 Å². The van der Waals surface area contributed by atoms with Crippen molar-refractivity contribution < 1.29 is 4.74 Å². The normalized spacial score (nSPS) is 26.2. The highest BCUT2D eigenvalue weighted by Gasteiger charge is 2.26. The van der Waals surface area contributed by atoms with E-state index in [2.05, 4.69) is 62.5 Å². The standard InChI is InChI=1S/C27H48N6O/c1-5-14-29-27(28-2)22-30-23-10-6-7-12-25(26(21-23)34-4)33-16-8-11-24(13-18-33)32-17-9-15-31(3)19-20-32/h6,10,21,24,30H,5,7-9,11-20,22H2,1-4H3,(H,28,29)/b10-6?,23-21?,26-25-/t24-/m0/s1. The van der Waals surface area contributed by atoms with Crippen molar-refractivity contribution in [2.75, 3.05) is 73.6 Å². The zero-order valence-corrected chi connectivity index (χ0v) is 22.1. The minimum atomic E-state index is 0.690. The Morgan fingerprint density at radius 2 is 2.00 bits per heavy atom. The van der Waals surface area contributed by atoms with Crippen molar-refractivity contribution in [3.63, 3.8) is 0 Å². The molecule has 0 aromatic heterocycles. The van der Waals surface area contributed by atoms with Crippen LogP contribution in [0.15, 0.2) is 40.4 Å². The number of amidine groups is 1. The van der Waals surface area contributed by atoms with Crippen LogP contribution in [0.25, 0.3) is 0 Å². The third kappa shape index (κ3) is 8.05. The van der Waals surface area contributed by atoms with Gasteiger partial charge in [-0.3, -0.25) is 9.89 Å². The molecule has 34 heavy (non-hydrogen) atoms. The number of allylic oxidation sites excluding steroid dienone is 4. The van der Waals surface area contributed by atoms with E-state index in [0.29, 0.717) is 12.6 Å². The van der Waals surface area contributed by atoms with Crippen molar-refractivity contribution >= 4 is 5.84 Å². The quantitative estimate of drug-likeness (QED) is 0.418. The lowest BCUT2D eigenvalue weighted by atomic mass is 10.1. The summed E-state index contributed by atoms with van der Waals surface area (Å²) in [6, 6.07) is 0.715. The van der Waals surface area contributed by atoms with Gasteiger partial charge in [-0.05, 0) is 71.2 Å². The smallest absolute Gasteiger partial charge is 0.140 e. The number of ether oxygens (including phenoxy) is 1. The molecule has 1 atom stereocenters. The van der Waals surface area contributed by atoms with Gasteiger partial charge in [0.1, 0.15) is 11.6 Å². The molecule has 2 saturated heterocycles. The predicted molar refractivity (Wildman–Crippen MR) is 143 cm³/mol. The number of aliphatic imine (C=N–C) groups is 1. The van der Waals surface area contributed by atoms with E-state index >= 15 is 0 Å². The molecule has 0 spiro atoms. The number of hydrogen-bond acceptors (Lipinski definition) is 6. The van der Waals surface area contributed by atoms with Crippen LogP contribution in [-0.2, 0) is 4.74 Å². The predicted octanol–water partition coefficient (Wildman–Crippen LogP) is 3.19. The molecule has 2 heterocycles. The van der Waals surface area contributed by atoms with E-state index in [-0.39, 0.29) is 0 Å². The molecule has 7 nitrogen and oxygen atoms in total. The summed E-state index contributed by atoms with van der Waals surface area (Å²) in [5.41, 5.74) is 2.44. The van der Waals surface area contributed by atoms with Crippen LogP contribution in [0, 0.1) is 0 Å². The van der Waals surface area contributed by atoms with Crippen LogP contribution < -0.4 is 10.6 Å². The number of nitrogens with zero attached hydrogens (tertiary/aromatic N) is 4. The number of methoxy groups -OCH3 is 1. The monoisotopic (exact) mass is 472 g/mol. The molecule has 2 fully saturated rings. The Morgan fingerprint density at radius 3 is 2.79 bits per heavy atom. The SMILES string of the molecule is CCCNC(CNC1=C/C(OC)=C(/N2CCC[C@H](N3CCCN(C)CC3)CC2)CCC=C1)=NC. The van der Waals surface area contributed by atoms with Crippen LogP contribution >= 0.6 is 0 Å². The number of nitrogens with one attached hydrogen (secondary N) is 2. The molecule has 0 aromatic rings. The molecular formula is C27H48N6O. The Kier molecular flexibility index (Phi) is 11.3. The van der Waals surface area contributed by atoms with Gasteiger partial charge in [-0.2, -0.15) is 0 Å². The van der Waals surface area contributed by atoms with Crippen LogP contribution in [0.5, 0.6) is 0 Å². The fourth-order valence-corrected chi connectivity index (χ4v) is 5.25. The highest BCUT2D eigenvalue weighted by Crippen LogP contribution is 2.26. The average molecular weight is 473 g/mol. The first-order valence-electron chi connectivity index (χ1n) is 13.4. The van der Waals surface area contributed by atoms with Gasteiger partial charge in [0, 0.05) is 57.6 Å². The second-order valence-corrected chi connectivity index (χ2v) is 9.77. The summed E-state index contributed by atoms with van der Waals surface area (Å²) in [5.74, 6) is 1.98. The second-order valence-electron chi connectivity index (χ2n) is 9.77. The molecule has 1 aliphatic carbocycles. The summed E-state index contributed by atoms with van der Waals surface area (Å²) in [6.07, 6.45) is 14.9. The van der Waals surface area contributed by atoms with Gasteiger partial charge < -0.3 is 25.2 Å². The van der Waals surface area contributed by atoms with E-state index in [4.69, 9.17) is 4.74 Å². The molecule has 0 bridgehead atoms. The summed E-state index contributed by atoms with van der Waals surface area (Å²) in [6.45, 7) is 10.9. The first-order valence-corrected chi connectivity index (χ1v) is 13.4. The lowest BCUT2D eigenvalue weighted by Crippen LogP contribution is -2.38. The van der Waals surface area contributed by atoms with Gasteiger partial charge in [-0.1, -0.05) is 13.0 Å². The zero-order valence-electron chi connectivity index (χ0n) is 22.1. The maximum atomic E-state index is 5.96. The Balaban J connectivity index is 1.66. The Bertz CT molecular complexity index is 743. The molecular weight excluding hydrogens is 424 g/mol. The van der Waals surface area contributed by atoms with Gasteiger partial charge >= 0.3 is 0 Å². The highest BCUT2D eigenvalue weighted by molar-refractivity contribution is 5.84. The van der Waals surface area contributed by atoms with Gasteiger partial charge in [0.2, 0.25) is 0 Å².